The molecule has 144 valence electrons. The minimum absolute atomic E-state index is 0.0736. The largest absolute Gasteiger partial charge is 0.481 e. The van der Waals surface area contributed by atoms with Crippen molar-refractivity contribution >= 4 is 11.9 Å². The van der Waals surface area contributed by atoms with Crippen LogP contribution in [0.15, 0.2) is 36.4 Å². The molecule has 6 heteroatoms. The molecule has 2 aromatic rings. The standard InChI is InChI=1S/C21H27N3O3/c1-21(2,3)24-18(15-9-10-15)12-17(23-24)19(25)22-13-16(20(26)27)11-14-7-5-4-6-8-14/h4-8,12,15-16H,9-11,13H2,1-3H3,(H,22,25)(H,26,27). The lowest BCUT2D eigenvalue weighted by molar-refractivity contribution is -0.141. The fraction of sp³-hybridized carbons (Fsp3) is 0.476. The smallest absolute Gasteiger partial charge is 0.308 e. The highest BCUT2D eigenvalue weighted by Crippen LogP contribution is 2.41. The first kappa shape index (κ1) is 19.1. The molecule has 1 aliphatic rings. The summed E-state index contributed by atoms with van der Waals surface area (Å²) in [6, 6.07) is 11.3. The summed E-state index contributed by atoms with van der Waals surface area (Å²) < 4.78 is 1.93. The molecule has 1 fully saturated rings. The van der Waals surface area contributed by atoms with Crippen LogP contribution in [-0.4, -0.2) is 33.3 Å². The molecule has 1 aliphatic carbocycles. The number of carboxylic acid groups (broad SMARTS) is 1. The van der Waals surface area contributed by atoms with Crippen molar-refractivity contribution in [1.29, 1.82) is 0 Å². The summed E-state index contributed by atoms with van der Waals surface area (Å²) in [7, 11) is 0. The number of aromatic nitrogens is 2. The summed E-state index contributed by atoms with van der Waals surface area (Å²) >= 11 is 0. The van der Waals surface area contributed by atoms with Crippen molar-refractivity contribution < 1.29 is 14.7 Å². The molecule has 0 radical (unpaired) electrons. The first-order valence-corrected chi connectivity index (χ1v) is 9.41. The number of aliphatic carboxylic acids is 1. The van der Waals surface area contributed by atoms with Gasteiger partial charge in [-0.05, 0) is 51.7 Å². The monoisotopic (exact) mass is 369 g/mol. The number of hydrogen-bond acceptors (Lipinski definition) is 3. The van der Waals surface area contributed by atoms with Crippen LogP contribution in [0.5, 0.6) is 0 Å². The maximum Gasteiger partial charge on any atom is 0.308 e. The van der Waals surface area contributed by atoms with Crippen LogP contribution in [0.2, 0.25) is 0 Å². The van der Waals surface area contributed by atoms with Crippen molar-refractivity contribution in [3.63, 3.8) is 0 Å². The quantitative estimate of drug-likeness (QED) is 0.785. The Morgan fingerprint density at radius 3 is 2.48 bits per heavy atom. The number of carboxylic acids is 1. The van der Waals surface area contributed by atoms with E-state index in [4.69, 9.17) is 0 Å². The summed E-state index contributed by atoms with van der Waals surface area (Å²) in [6.07, 6.45) is 2.63. The molecule has 0 saturated heterocycles. The Bertz CT molecular complexity index is 817. The van der Waals surface area contributed by atoms with Crippen LogP contribution in [0, 0.1) is 5.92 Å². The maximum atomic E-state index is 12.6. The molecule has 6 nitrogen and oxygen atoms in total. The number of hydrogen-bond donors (Lipinski definition) is 2. The number of nitrogens with one attached hydrogen (secondary N) is 1. The summed E-state index contributed by atoms with van der Waals surface area (Å²) in [5, 5.41) is 16.7. The van der Waals surface area contributed by atoms with Gasteiger partial charge in [-0.1, -0.05) is 30.3 Å². The van der Waals surface area contributed by atoms with E-state index in [9.17, 15) is 14.7 Å². The lowest BCUT2D eigenvalue weighted by Crippen LogP contribution is -2.34. The van der Waals surface area contributed by atoms with Crippen LogP contribution in [0.1, 0.15) is 61.3 Å². The Labute approximate surface area is 159 Å². The second-order valence-electron chi connectivity index (χ2n) is 8.25. The molecule has 1 saturated carbocycles. The topological polar surface area (TPSA) is 84.2 Å². The van der Waals surface area contributed by atoms with E-state index in [2.05, 4.69) is 31.2 Å². The molecule has 0 aliphatic heterocycles. The molecule has 0 bridgehead atoms. The summed E-state index contributed by atoms with van der Waals surface area (Å²) in [5.41, 5.74) is 2.18. The fourth-order valence-electron chi connectivity index (χ4n) is 3.17. The van der Waals surface area contributed by atoms with Gasteiger partial charge in [0.15, 0.2) is 0 Å². The van der Waals surface area contributed by atoms with Crippen molar-refractivity contribution in [3.05, 3.63) is 53.3 Å². The molecular formula is C21H27N3O3. The average molecular weight is 369 g/mol. The number of benzene rings is 1. The number of rotatable bonds is 7. The zero-order chi connectivity index (χ0) is 19.6. The molecule has 2 N–H and O–H groups in total. The Morgan fingerprint density at radius 2 is 1.93 bits per heavy atom. The zero-order valence-corrected chi connectivity index (χ0v) is 16.1. The third-order valence-corrected chi connectivity index (χ3v) is 4.78. The van der Waals surface area contributed by atoms with E-state index in [0.29, 0.717) is 18.0 Å². The molecule has 1 amide bonds. The Balaban J connectivity index is 1.68. The van der Waals surface area contributed by atoms with Crippen LogP contribution < -0.4 is 5.32 Å². The zero-order valence-electron chi connectivity index (χ0n) is 16.1. The normalized spacial score (nSPS) is 15.4. The van der Waals surface area contributed by atoms with E-state index in [1.165, 1.54) is 0 Å². The highest BCUT2D eigenvalue weighted by Gasteiger charge is 2.32. The van der Waals surface area contributed by atoms with E-state index < -0.39 is 11.9 Å². The van der Waals surface area contributed by atoms with E-state index in [-0.39, 0.29) is 18.0 Å². The number of nitrogens with zero attached hydrogens (tertiary/aromatic N) is 2. The van der Waals surface area contributed by atoms with Crippen LogP contribution in [0.4, 0.5) is 0 Å². The summed E-state index contributed by atoms with van der Waals surface area (Å²) in [5.74, 6) is -1.44. The van der Waals surface area contributed by atoms with Gasteiger partial charge in [0.2, 0.25) is 0 Å². The van der Waals surface area contributed by atoms with Crippen LogP contribution in [-0.2, 0) is 16.8 Å². The van der Waals surface area contributed by atoms with Crippen molar-refractivity contribution in [2.75, 3.05) is 6.54 Å². The van der Waals surface area contributed by atoms with E-state index >= 15 is 0 Å². The third-order valence-electron chi connectivity index (χ3n) is 4.78. The molecule has 27 heavy (non-hydrogen) atoms. The molecule has 1 aromatic heterocycles. The van der Waals surface area contributed by atoms with Gasteiger partial charge in [0.1, 0.15) is 5.69 Å². The maximum absolute atomic E-state index is 12.6. The van der Waals surface area contributed by atoms with Gasteiger partial charge < -0.3 is 10.4 Å². The van der Waals surface area contributed by atoms with Gasteiger partial charge in [-0.2, -0.15) is 5.10 Å². The fourth-order valence-corrected chi connectivity index (χ4v) is 3.17. The summed E-state index contributed by atoms with van der Waals surface area (Å²) in [6.45, 7) is 6.26. The lowest BCUT2D eigenvalue weighted by Gasteiger charge is -2.22. The minimum atomic E-state index is -0.918. The second-order valence-corrected chi connectivity index (χ2v) is 8.25. The minimum Gasteiger partial charge on any atom is -0.481 e. The Morgan fingerprint density at radius 1 is 1.26 bits per heavy atom. The van der Waals surface area contributed by atoms with E-state index in [1.54, 1.807) is 0 Å². The molecule has 1 unspecified atom stereocenters. The number of carbonyl (C=O) groups excluding carboxylic acids is 1. The van der Waals surface area contributed by atoms with Crippen molar-refractivity contribution in [1.82, 2.24) is 15.1 Å². The second kappa shape index (κ2) is 7.55. The predicted octanol–water partition coefficient (Wildman–Crippen LogP) is 3.19. The SMILES string of the molecule is CC(C)(C)n1nc(C(=O)NCC(Cc2ccccc2)C(=O)O)cc1C1CC1. The van der Waals surface area contributed by atoms with Gasteiger partial charge in [-0.15, -0.1) is 0 Å². The number of carbonyl (C=O) groups is 2. The third kappa shape index (κ3) is 4.76. The van der Waals surface area contributed by atoms with Gasteiger partial charge in [0, 0.05) is 18.2 Å². The average Bonchev–Trinajstić information content (AvgIpc) is 3.35. The van der Waals surface area contributed by atoms with Crippen LogP contribution in [0.3, 0.4) is 0 Å². The van der Waals surface area contributed by atoms with Gasteiger partial charge in [-0.25, -0.2) is 0 Å². The van der Waals surface area contributed by atoms with Crippen molar-refractivity contribution in [2.24, 2.45) is 5.92 Å². The molecule has 3 rings (SSSR count). The lowest BCUT2D eigenvalue weighted by atomic mass is 9.99. The summed E-state index contributed by atoms with van der Waals surface area (Å²) in [4.78, 5) is 24.1. The highest BCUT2D eigenvalue weighted by molar-refractivity contribution is 5.92. The first-order chi connectivity index (χ1) is 12.8. The van der Waals surface area contributed by atoms with Crippen LogP contribution >= 0.6 is 0 Å². The molecule has 1 heterocycles. The van der Waals surface area contributed by atoms with Gasteiger partial charge in [0.05, 0.1) is 11.5 Å². The Kier molecular flexibility index (Phi) is 5.35. The van der Waals surface area contributed by atoms with Crippen molar-refractivity contribution in [3.8, 4) is 0 Å². The van der Waals surface area contributed by atoms with E-state index in [0.717, 1.165) is 24.1 Å². The number of amides is 1. The Hall–Kier alpha value is -2.63. The predicted molar refractivity (Wildman–Crippen MR) is 103 cm³/mol. The first-order valence-electron chi connectivity index (χ1n) is 9.41. The van der Waals surface area contributed by atoms with E-state index in [1.807, 2.05) is 41.1 Å². The molecular weight excluding hydrogens is 342 g/mol. The molecule has 0 spiro atoms. The van der Waals surface area contributed by atoms with Gasteiger partial charge in [0.25, 0.3) is 5.91 Å². The van der Waals surface area contributed by atoms with Crippen LogP contribution in [0.25, 0.3) is 0 Å². The van der Waals surface area contributed by atoms with Gasteiger partial charge in [-0.3, -0.25) is 14.3 Å². The van der Waals surface area contributed by atoms with Crippen molar-refractivity contribution in [2.45, 2.75) is 51.5 Å². The van der Waals surface area contributed by atoms with Gasteiger partial charge >= 0.3 is 5.97 Å². The molecule has 1 aromatic carbocycles. The highest BCUT2D eigenvalue weighted by atomic mass is 16.4. The molecule has 1 atom stereocenters.